The highest BCUT2D eigenvalue weighted by Gasteiger charge is 2.53. The van der Waals surface area contributed by atoms with Crippen LogP contribution in [-0.4, -0.2) is 0 Å². The summed E-state index contributed by atoms with van der Waals surface area (Å²) in [5.74, 6) is 0.445. The van der Waals surface area contributed by atoms with Crippen molar-refractivity contribution in [3.05, 3.63) is 216 Å². The molecule has 242 valence electrons. The van der Waals surface area contributed by atoms with Crippen molar-refractivity contribution in [3.63, 3.8) is 0 Å². The molecule has 1 unspecified atom stereocenters. The van der Waals surface area contributed by atoms with Crippen LogP contribution in [-0.2, 0) is 5.41 Å². The highest BCUT2D eigenvalue weighted by atomic mass is 15.1. The van der Waals surface area contributed by atoms with Crippen LogP contribution < -0.4 is 4.90 Å². The molecule has 10 rings (SSSR count). The van der Waals surface area contributed by atoms with Crippen LogP contribution in [0.3, 0.4) is 0 Å². The molecule has 1 atom stereocenters. The third-order valence-corrected chi connectivity index (χ3v) is 11.3. The Labute approximate surface area is 300 Å². The zero-order chi connectivity index (χ0) is 33.9. The summed E-state index contributed by atoms with van der Waals surface area (Å²) in [6.07, 6.45) is 5.90. The fourth-order valence-electron chi connectivity index (χ4n) is 9.09. The molecule has 7 aromatic carbocycles. The van der Waals surface area contributed by atoms with Gasteiger partial charge in [0.2, 0.25) is 0 Å². The Morgan fingerprint density at radius 2 is 0.922 bits per heavy atom. The van der Waals surface area contributed by atoms with Crippen molar-refractivity contribution in [2.45, 2.75) is 18.8 Å². The Morgan fingerprint density at radius 3 is 1.47 bits per heavy atom. The van der Waals surface area contributed by atoms with Crippen LogP contribution in [0.15, 0.2) is 194 Å². The second kappa shape index (κ2) is 11.7. The lowest BCUT2D eigenvalue weighted by Crippen LogP contribution is -2.27. The fourth-order valence-corrected chi connectivity index (χ4v) is 9.09. The molecule has 3 aliphatic rings. The van der Waals surface area contributed by atoms with Crippen molar-refractivity contribution in [1.29, 1.82) is 0 Å². The predicted octanol–water partition coefficient (Wildman–Crippen LogP) is 13.2. The molecule has 0 saturated heterocycles. The number of hydrogen-bond acceptors (Lipinski definition) is 1. The first kappa shape index (κ1) is 29.7. The van der Waals surface area contributed by atoms with Gasteiger partial charge in [-0.25, -0.2) is 0 Å². The van der Waals surface area contributed by atoms with Crippen LogP contribution in [0.5, 0.6) is 0 Å². The van der Waals surface area contributed by atoms with Crippen LogP contribution >= 0.6 is 0 Å². The van der Waals surface area contributed by atoms with Gasteiger partial charge >= 0.3 is 0 Å². The summed E-state index contributed by atoms with van der Waals surface area (Å²) in [5.41, 5.74) is 19.1. The third-order valence-electron chi connectivity index (χ3n) is 11.3. The van der Waals surface area contributed by atoms with E-state index in [1.165, 1.54) is 66.8 Å². The first-order valence-electron chi connectivity index (χ1n) is 18.1. The Morgan fingerprint density at radius 1 is 0.451 bits per heavy atom. The molecule has 51 heavy (non-hydrogen) atoms. The van der Waals surface area contributed by atoms with E-state index in [1.807, 2.05) is 0 Å². The first-order chi connectivity index (χ1) is 25.2. The normalized spacial score (nSPS) is 16.1. The number of allylic oxidation sites excluding steroid dienone is 4. The van der Waals surface area contributed by atoms with E-state index >= 15 is 0 Å². The highest BCUT2D eigenvalue weighted by Crippen LogP contribution is 2.64. The lowest BCUT2D eigenvalue weighted by Gasteiger charge is -2.33. The minimum absolute atomic E-state index is 0.362. The summed E-state index contributed by atoms with van der Waals surface area (Å²) < 4.78 is 0. The molecule has 0 amide bonds. The Balaban J connectivity index is 1.19. The molecular formula is C50H37N. The van der Waals surface area contributed by atoms with E-state index < -0.39 is 0 Å². The van der Waals surface area contributed by atoms with Gasteiger partial charge in [-0.05, 0) is 116 Å². The molecule has 0 radical (unpaired) electrons. The van der Waals surface area contributed by atoms with Crippen LogP contribution in [0, 0.1) is 5.92 Å². The van der Waals surface area contributed by atoms with Crippen molar-refractivity contribution in [2.75, 3.05) is 4.90 Å². The number of fused-ring (bicyclic) bond motifs is 9. The topological polar surface area (TPSA) is 3.24 Å². The van der Waals surface area contributed by atoms with Gasteiger partial charge in [0.25, 0.3) is 0 Å². The van der Waals surface area contributed by atoms with E-state index in [4.69, 9.17) is 0 Å². The average molecular weight is 652 g/mol. The third kappa shape index (κ3) is 4.48. The van der Waals surface area contributed by atoms with Crippen molar-refractivity contribution < 1.29 is 0 Å². The Bertz CT molecular complexity index is 2360. The number of benzene rings is 7. The monoisotopic (exact) mass is 651 g/mol. The summed E-state index contributed by atoms with van der Waals surface area (Å²) in [6, 6.07) is 64.8. The average Bonchev–Trinajstić information content (AvgIpc) is 3.67. The molecule has 0 saturated carbocycles. The van der Waals surface area contributed by atoms with Gasteiger partial charge in [0.1, 0.15) is 0 Å². The zero-order valence-electron chi connectivity index (χ0n) is 28.6. The van der Waals surface area contributed by atoms with Crippen molar-refractivity contribution in [2.24, 2.45) is 5.92 Å². The minimum Gasteiger partial charge on any atom is -0.310 e. The molecule has 0 fully saturated rings. The van der Waals surface area contributed by atoms with E-state index in [1.54, 1.807) is 0 Å². The van der Waals surface area contributed by atoms with Gasteiger partial charge in [-0.3, -0.25) is 0 Å². The summed E-state index contributed by atoms with van der Waals surface area (Å²) in [7, 11) is 0. The van der Waals surface area contributed by atoms with E-state index in [2.05, 4.69) is 200 Å². The summed E-state index contributed by atoms with van der Waals surface area (Å²) in [6.45, 7) is 2.40. The van der Waals surface area contributed by atoms with Gasteiger partial charge < -0.3 is 4.90 Å². The number of anilines is 3. The van der Waals surface area contributed by atoms with Crippen molar-refractivity contribution in [1.82, 2.24) is 0 Å². The maximum atomic E-state index is 2.50. The lowest BCUT2D eigenvalue weighted by molar-refractivity contribution is 0.731. The molecule has 0 aromatic heterocycles. The van der Waals surface area contributed by atoms with Gasteiger partial charge in [-0.2, -0.15) is 0 Å². The summed E-state index contributed by atoms with van der Waals surface area (Å²) in [4.78, 5) is 2.43. The maximum Gasteiger partial charge on any atom is 0.0723 e. The summed E-state index contributed by atoms with van der Waals surface area (Å²) >= 11 is 0. The predicted molar refractivity (Wildman–Crippen MR) is 214 cm³/mol. The lowest BCUT2D eigenvalue weighted by atomic mass is 9.68. The molecule has 0 heterocycles. The number of nitrogens with zero attached hydrogens (tertiary/aromatic N) is 1. The second-order valence-electron chi connectivity index (χ2n) is 14.1. The molecule has 0 bridgehead atoms. The summed E-state index contributed by atoms with van der Waals surface area (Å²) in [5, 5.41) is 0. The Hall–Kier alpha value is -6.18. The maximum absolute atomic E-state index is 2.50. The van der Waals surface area contributed by atoms with E-state index in [0.717, 1.165) is 23.5 Å². The van der Waals surface area contributed by atoms with Gasteiger partial charge in [-0.1, -0.05) is 159 Å². The van der Waals surface area contributed by atoms with Crippen LogP contribution in [0.4, 0.5) is 17.1 Å². The van der Waals surface area contributed by atoms with Crippen LogP contribution in [0.1, 0.15) is 35.6 Å². The molecule has 7 aromatic rings. The van der Waals surface area contributed by atoms with E-state index in [9.17, 15) is 0 Å². The number of rotatable bonds is 5. The Kier molecular flexibility index (Phi) is 6.82. The largest absolute Gasteiger partial charge is 0.310 e. The number of hydrogen-bond donors (Lipinski definition) is 0. The van der Waals surface area contributed by atoms with Crippen LogP contribution in [0.2, 0.25) is 0 Å². The minimum atomic E-state index is -0.362. The fraction of sp³-hybridized carbons (Fsp3) is 0.0800. The van der Waals surface area contributed by atoms with Gasteiger partial charge in [0, 0.05) is 17.1 Å². The molecule has 0 aliphatic heterocycles. The highest BCUT2D eigenvalue weighted by molar-refractivity contribution is 5.97. The van der Waals surface area contributed by atoms with Crippen molar-refractivity contribution in [3.8, 4) is 33.4 Å². The van der Waals surface area contributed by atoms with Crippen LogP contribution in [0.25, 0.3) is 39.0 Å². The second-order valence-corrected chi connectivity index (χ2v) is 14.1. The SMILES string of the molecule is CC1CC=CC2=C1c1ccc(N(c3ccc(-c4ccccc4)cc3)c3ccc(-c4ccccc4)cc3)cc1C21c2ccccc2-c2ccccc21. The van der Waals surface area contributed by atoms with Gasteiger partial charge in [0.15, 0.2) is 0 Å². The smallest absolute Gasteiger partial charge is 0.0723 e. The van der Waals surface area contributed by atoms with Gasteiger partial charge in [-0.15, -0.1) is 0 Å². The van der Waals surface area contributed by atoms with E-state index in [0.29, 0.717) is 5.92 Å². The molecule has 3 aliphatic carbocycles. The molecular weight excluding hydrogens is 615 g/mol. The zero-order valence-corrected chi connectivity index (χ0v) is 28.6. The van der Waals surface area contributed by atoms with E-state index in [-0.39, 0.29) is 5.41 Å². The van der Waals surface area contributed by atoms with Crippen molar-refractivity contribution >= 4 is 22.6 Å². The molecule has 1 spiro atoms. The molecule has 1 heteroatoms. The molecule has 0 N–H and O–H groups in total. The first-order valence-corrected chi connectivity index (χ1v) is 18.1. The quantitative estimate of drug-likeness (QED) is 0.179. The molecule has 1 nitrogen and oxygen atoms in total. The standard InChI is InChI=1S/C50H37N/c1-34-13-12-22-47-49(34)44-32-31-41(33-48(44)50(47)45-20-10-8-18-42(45)43-19-9-11-21-46(43)50)51(39-27-23-37(24-28-39)35-14-4-2-5-15-35)40-29-25-38(26-30-40)36-16-6-3-7-17-36/h2-12,14-34H,13H2,1H3. The van der Waals surface area contributed by atoms with Gasteiger partial charge in [0.05, 0.1) is 5.41 Å².